The number of anilines is 1. The number of rotatable bonds is 6. The van der Waals surface area contributed by atoms with Gasteiger partial charge in [-0.05, 0) is 55.5 Å². The van der Waals surface area contributed by atoms with E-state index in [1.807, 2.05) is 19.2 Å². The molecule has 0 spiro atoms. The molecule has 1 aliphatic rings. The maximum atomic E-state index is 12.3. The Hall–Kier alpha value is -2.47. The number of carbonyl (C=O) groups is 3. The summed E-state index contributed by atoms with van der Waals surface area (Å²) in [6, 6.07) is 6.59. The maximum Gasteiger partial charge on any atom is 0.339 e. The topological polar surface area (TPSA) is 72.5 Å². The lowest BCUT2D eigenvalue weighted by atomic mass is 9.96. The standard InChI is InChI=1S/C21H23NO4S/c1-13(2)20(24)22-15-9-7-14(8-10-15)18(23)11-26-21(25)17-12-27-19-6-4-3-5-16(17)19/h7-10,12-13H,3-6,11H2,1-2H3,(H,22,24). The molecule has 2 aromatic rings. The first-order valence-electron chi connectivity index (χ1n) is 9.16. The third-order valence-corrected chi connectivity index (χ3v) is 5.70. The number of aryl methyl sites for hydroxylation is 1. The van der Waals surface area contributed by atoms with Crippen LogP contribution in [0, 0.1) is 5.92 Å². The molecule has 1 aromatic carbocycles. The van der Waals surface area contributed by atoms with Crippen LogP contribution < -0.4 is 5.32 Å². The Morgan fingerprint density at radius 3 is 2.52 bits per heavy atom. The van der Waals surface area contributed by atoms with Crippen molar-refractivity contribution >= 4 is 34.7 Å². The van der Waals surface area contributed by atoms with Crippen LogP contribution in [0.2, 0.25) is 0 Å². The monoisotopic (exact) mass is 385 g/mol. The van der Waals surface area contributed by atoms with E-state index in [1.54, 1.807) is 35.6 Å². The van der Waals surface area contributed by atoms with Crippen molar-refractivity contribution in [1.29, 1.82) is 0 Å². The zero-order valence-electron chi connectivity index (χ0n) is 15.5. The number of Topliss-reactive ketones (excluding diaryl/α,β-unsaturated/α-hetero) is 1. The van der Waals surface area contributed by atoms with Gasteiger partial charge in [0, 0.05) is 27.4 Å². The summed E-state index contributed by atoms with van der Waals surface area (Å²) in [5, 5.41) is 4.61. The van der Waals surface area contributed by atoms with E-state index in [1.165, 1.54) is 4.88 Å². The van der Waals surface area contributed by atoms with Crippen molar-refractivity contribution in [2.75, 3.05) is 11.9 Å². The minimum absolute atomic E-state index is 0.0814. The van der Waals surface area contributed by atoms with Gasteiger partial charge in [-0.1, -0.05) is 13.8 Å². The van der Waals surface area contributed by atoms with Crippen LogP contribution in [0.15, 0.2) is 29.6 Å². The van der Waals surface area contributed by atoms with Crippen LogP contribution in [0.1, 0.15) is 57.8 Å². The maximum absolute atomic E-state index is 12.3. The second-order valence-corrected chi connectivity index (χ2v) is 7.94. The second kappa shape index (κ2) is 8.48. The van der Waals surface area contributed by atoms with Crippen molar-refractivity contribution < 1.29 is 19.1 Å². The highest BCUT2D eigenvalue weighted by molar-refractivity contribution is 7.10. The Morgan fingerprint density at radius 1 is 1.11 bits per heavy atom. The minimum atomic E-state index is -0.427. The molecule has 0 radical (unpaired) electrons. The van der Waals surface area contributed by atoms with Crippen molar-refractivity contribution in [2.24, 2.45) is 5.92 Å². The Kier molecular flexibility index (Phi) is 6.06. The van der Waals surface area contributed by atoms with Gasteiger partial charge in [0.25, 0.3) is 0 Å². The summed E-state index contributed by atoms with van der Waals surface area (Å²) in [7, 11) is 0. The molecule has 1 N–H and O–H groups in total. The predicted octanol–water partition coefficient (Wildman–Crippen LogP) is 4.26. The lowest BCUT2D eigenvalue weighted by Crippen LogP contribution is -2.18. The van der Waals surface area contributed by atoms with Crippen molar-refractivity contribution in [3.63, 3.8) is 0 Å². The zero-order chi connectivity index (χ0) is 19.4. The summed E-state index contributed by atoms with van der Waals surface area (Å²) in [6.07, 6.45) is 4.17. The molecule has 0 unspecified atom stereocenters. The van der Waals surface area contributed by atoms with E-state index >= 15 is 0 Å². The number of ether oxygens (including phenoxy) is 1. The number of esters is 1. The lowest BCUT2D eigenvalue weighted by Gasteiger charge is -2.12. The summed E-state index contributed by atoms with van der Waals surface area (Å²) in [4.78, 5) is 37.6. The Bertz CT molecular complexity index is 852. The minimum Gasteiger partial charge on any atom is -0.454 e. The number of amides is 1. The molecule has 0 fully saturated rings. The number of thiophene rings is 1. The van der Waals surface area contributed by atoms with Crippen LogP contribution in [0.5, 0.6) is 0 Å². The molecule has 0 saturated heterocycles. The van der Waals surface area contributed by atoms with Crippen molar-refractivity contribution in [2.45, 2.75) is 39.5 Å². The van der Waals surface area contributed by atoms with Gasteiger partial charge in [-0.15, -0.1) is 11.3 Å². The van der Waals surface area contributed by atoms with E-state index in [9.17, 15) is 14.4 Å². The van der Waals surface area contributed by atoms with Gasteiger partial charge >= 0.3 is 5.97 Å². The van der Waals surface area contributed by atoms with Crippen LogP contribution in [0.3, 0.4) is 0 Å². The number of benzene rings is 1. The predicted molar refractivity (Wildman–Crippen MR) is 105 cm³/mol. The molecule has 1 amide bonds. The van der Waals surface area contributed by atoms with Gasteiger partial charge in [0.15, 0.2) is 12.4 Å². The lowest BCUT2D eigenvalue weighted by molar-refractivity contribution is -0.118. The Labute approximate surface area is 162 Å². The third-order valence-electron chi connectivity index (χ3n) is 4.61. The number of hydrogen-bond donors (Lipinski definition) is 1. The van der Waals surface area contributed by atoms with Crippen LogP contribution in [-0.2, 0) is 22.4 Å². The Balaban J connectivity index is 1.57. The van der Waals surface area contributed by atoms with Gasteiger partial charge in [-0.25, -0.2) is 4.79 Å². The normalized spacial score (nSPS) is 13.1. The van der Waals surface area contributed by atoms with Crippen LogP contribution in [0.25, 0.3) is 0 Å². The van der Waals surface area contributed by atoms with E-state index in [0.717, 1.165) is 31.2 Å². The van der Waals surface area contributed by atoms with Gasteiger partial charge < -0.3 is 10.1 Å². The number of carbonyl (C=O) groups excluding carboxylic acids is 3. The molecule has 1 aromatic heterocycles. The number of fused-ring (bicyclic) bond motifs is 1. The quantitative estimate of drug-likeness (QED) is 0.596. The summed E-state index contributed by atoms with van der Waals surface area (Å²) in [5.41, 5.74) is 2.77. The van der Waals surface area contributed by atoms with Gasteiger partial charge in [0.05, 0.1) is 5.56 Å². The molecule has 0 atom stereocenters. The summed E-state index contributed by atoms with van der Waals surface area (Å²) in [5.74, 6) is -0.895. The zero-order valence-corrected chi connectivity index (χ0v) is 16.4. The Morgan fingerprint density at radius 2 is 1.81 bits per heavy atom. The largest absolute Gasteiger partial charge is 0.454 e. The molecule has 0 saturated carbocycles. The summed E-state index contributed by atoms with van der Waals surface area (Å²) >= 11 is 1.60. The van der Waals surface area contributed by atoms with Crippen molar-refractivity contribution in [1.82, 2.24) is 0 Å². The van der Waals surface area contributed by atoms with Gasteiger partial charge in [0.1, 0.15) is 0 Å². The fourth-order valence-corrected chi connectivity index (χ4v) is 4.10. The van der Waals surface area contributed by atoms with Crippen molar-refractivity contribution in [3.05, 3.63) is 51.2 Å². The molecule has 27 heavy (non-hydrogen) atoms. The SMILES string of the molecule is CC(C)C(=O)Nc1ccc(C(=O)COC(=O)c2csc3c2CCCC3)cc1. The molecule has 0 aliphatic heterocycles. The number of hydrogen-bond acceptors (Lipinski definition) is 5. The molecule has 6 heteroatoms. The van der Waals surface area contributed by atoms with Gasteiger partial charge in [-0.2, -0.15) is 0 Å². The first kappa shape index (κ1) is 19.3. The fourth-order valence-electron chi connectivity index (χ4n) is 2.98. The molecular formula is C21H23NO4S. The van der Waals surface area contributed by atoms with E-state index in [2.05, 4.69) is 5.32 Å². The average Bonchev–Trinajstić information content (AvgIpc) is 3.10. The van der Waals surface area contributed by atoms with Crippen molar-refractivity contribution in [3.8, 4) is 0 Å². The second-order valence-electron chi connectivity index (χ2n) is 6.98. The highest BCUT2D eigenvalue weighted by Crippen LogP contribution is 2.30. The van der Waals surface area contributed by atoms with E-state index in [4.69, 9.17) is 4.74 Å². The van der Waals surface area contributed by atoms with Crippen LogP contribution >= 0.6 is 11.3 Å². The highest BCUT2D eigenvalue weighted by Gasteiger charge is 2.22. The molecule has 3 rings (SSSR count). The summed E-state index contributed by atoms with van der Waals surface area (Å²) in [6.45, 7) is 3.33. The first-order chi connectivity index (χ1) is 13.0. The average molecular weight is 385 g/mol. The molecule has 1 aliphatic carbocycles. The van der Waals surface area contributed by atoms with Gasteiger partial charge in [-0.3, -0.25) is 9.59 Å². The smallest absolute Gasteiger partial charge is 0.339 e. The first-order valence-corrected chi connectivity index (χ1v) is 10.0. The molecule has 142 valence electrons. The fraction of sp³-hybridized carbons (Fsp3) is 0.381. The van der Waals surface area contributed by atoms with E-state index < -0.39 is 5.97 Å². The van der Waals surface area contributed by atoms with Crippen LogP contribution in [-0.4, -0.2) is 24.3 Å². The number of nitrogens with one attached hydrogen (secondary N) is 1. The summed E-state index contributed by atoms with van der Waals surface area (Å²) < 4.78 is 5.24. The molecule has 5 nitrogen and oxygen atoms in total. The van der Waals surface area contributed by atoms with Crippen LogP contribution in [0.4, 0.5) is 5.69 Å². The van der Waals surface area contributed by atoms with E-state index in [-0.39, 0.29) is 24.2 Å². The molecular weight excluding hydrogens is 362 g/mol. The van der Waals surface area contributed by atoms with E-state index in [0.29, 0.717) is 16.8 Å². The third kappa shape index (κ3) is 4.63. The van der Waals surface area contributed by atoms with Gasteiger partial charge in [0.2, 0.25) is 5.91 Å². The highest BCUT2D eigenvalue weighted by atomic mass is 32.1. The number of ketones is 1. The molecule has 0 bridgehead atoms. The molecule has 1 heterocycles.